The van der Waals surface area contributed by atoms with Gasteiger partial charge in [0.25, 0.3) is 0 Å². The van der Waals surface area contributed by atoms with Crippen LogP contribution in [0.25, 0.3) is 33.4 Å². The lowest BCUT2D eigenvalue weighted by molar-refractivity contribution is -0.133. The fraction of sp³-hybridized carbons (Fsp3) is 0.130. The average Bonchev–Trinajstić information content (AvgIpc) is 3.14. The fourth-order valence-electron chi connectivity index (χ4n) is 3.28. The van der Waals surface area contributed by atoms with Gasteiger partial charge >= 0.3 is 5.97 Å². The van der Waals surface area contributed by atoms with Crippen molar-refractivity contribution in [2.45, 2.75) is 10.6 Å². The molecule has 31 heavy (non-hydrogen) atoms. The maximum atomic E-state index is 14.7. The number of nitrogens with one attached hydrogen (secondary N) is 1. The first-order chi connectivity index (χ1) is 14.9. The SMILES string of the molecule is CS(=O)c1ccc(-c2ccc(-c3nc4cc(CSCC(=O)O)[nH]c4cc3F)cc2)cc1. The van der Waals surface area contributed by atoms with E-state index in [1.165, 1.54) is 17.8 Å². The van der Waals surface area contributed by atoms with Crippen LogP contribution in [0.15, 0.2) is 65.6 Å². The van der Waals surface area contributed by atoms with Crippen LogP contribution in [0.1, 0.15) is 5.69 Å². The third-order valence-electron chi connectivity index (χ3n) is 4.77. The molecule has 2 aromatic heterocycles. The molecule has 0 saturated carbocycles. The Morgan fingerprint density at radius 1 is 1.06 bits per heavy atom. The van der Waals surface area contributed by atoms with Crippen LogP contribution in [-0.2, 0) is 21.3 Å². The summed E-state index contributed by atoms with van der Waals surface area (Å²) in [6.45, 7) is 0. The van der Waals surface area contributed by atoms with Crippen molar-refractivity contribution in [3.63, 3.8) is 0 Å². The zero-order valence-electron chi connectivity index (χ0n) is 16.6. The number of benzene rings is 2. The van der Waals surface area contributed by atoms with E-state index in [1.807, 2.05) is 54.6 Å². The predicted molar refractivity (Wildman–Crippen MR) is 123 cm³/mol. The van der Waals surface area contributed by atoms with Gasteiger partial charge in [-0.25, -0.2) is 9.37 Å². The molecular weight excluding hydrogens is 435 g/mol. The number of carboxylic acids is 1. The minimum absolute atomic E-state index is 0.00772. The molecule has 1 atom stereocenters. The number of halogens is 1. The van der Waals surface area contributed by atoms with Crippen molar-refractivity contribution in [1.82, 2.24) is 9.97 Å². The maximum Gasteiger partial charge on any atom is 0.313 e. The Kier molecular flexibility index (Phi) is 6.20. The third kappa shape index (κ3) is 4.86. The summed E-state index contributed by atoms with van der Waals surface area (Å²) < 4.78 is 26.3. The van der Waals surface area contributed by atoms with Crippen LogP contribution < -0.4 is 0 Å². The summed E-state index contributed by atoms with van der Waals surface area (Å²) in [5, 5.41) is 8.75. The van der Waals surface area contributed by atoms with E-state index in [2.05, 4.69) is 9.97 Å². The van der Waals surface area contributed by atoms with Crippen molar-refractivity contribution in [3.8, 4) is 22.4 Å². The number of thioether (sulfide) groups is 1. The average molecular weight is 455 g/mol. The molecule has 2 aromatic carbocycles. The molecule has 0 aliphatic carbocycles. The van der Waals surface area contributed by atoms with Crippen LogP contribution in [0.5, 0.6) is 0 Å². The fourth-order valence-corrected chi connectivity index (χ4v) is 4.45. The summed E-state index contributed by atoms with van der Waals surface area (Å²) in [5.41, 5.74) is 4.90. The van der Waals surface area contributed by atoms with E-state index < -0.39 is 22.6 Å². The van der Waals surface area contributed by atoms with Gasteiger partial charge in [-0.15, -0.1) is 11.8 Å². The molecule has 5 nitrogen and oxygen atoms in total. The second-order valence-electron chi connectivity index (χ2n) is 6.99. The molecule has 0 spiro atoms. The van der Waals surface area contributed by atoms with E-state index >= 15 is 0 Å². The Hall–Kier alpha value is -2.97. The highest BCUT2D eigenvalue weighted by Gasteiger charge is 2.12. The van der Waals surface area contributed by atoms with Gasteiger partial charge < -0.3 is 10.1 Å². The molecule has 2 heterocycles. The standard InChI is InChI=1S/C23H19FN2O3S2/c1-31(29)18-8-6-15(7-9-18)14-2-4-16(5-3-14)23-19(24)11-21-20(26-23)10-17(25-21)12-30-13-22(27)28/h2-11,25H,12-13H2,1H3,(H,27,28). The smallest absolute Gasteiger partial charge is 0.313 e. The number of fused-ring (bicyclic) bond motifs is 1. The summed E-state index contributed by atoms with van der Waals surface area (Å²) in [5.74, 6) is -0.805. The quantitative estimate of drug-likeness (QED) is 0.406. The summed E-state index contributed by atoms with van der Waals surface area (Å²) in [6.07, 6.45) is 1.64. The number of hydrogen-bond acceptors (Lipinski definition) is 4. The van der Waals surface area contributed by atoms with Crippen molar-refractivity contribution >= 4 is 39.6 Å². The zero-order chi connectivity index (χ0) is 22.0. The summed E-state index contributed by atoms with van der Waals surface area (Å²) in [4.78, 5) is 19.0. The highest BCUT2D eigenvalue weighted by molar-refractivity contribution is 7.99. The second kappa shape index (κ2) is 9.03. The van der Waals surface area contributed by atoms with Gasteiger partial charge in [0.2, 0.25) is 0 Å². The first kappa shape index (κ1) is 21.3. The molecule has 8 heteroatoms. The molecular formula is C23H19FN2O3S2. The predicted octanol–water partition coefficient (Wildman–Crippen LogP) is 5.09. The second-order valence-corrected chi connectivity index (χ2v) is 9.35. The largest absolute Gasteiger partial charge is 0.481 e. The monoisotopic (exact) mass is 454 g/mol. The van der Waals surface area contributed by atoms with Crippen molar-refractivity contribution in [2.24, 2.45) is 0 Å². The van der Waals surface area contributed by atoms with Crippen LogP contribution in [0.2, 0.25) is 0 Å². The number of nitrogens with zero attached hydrogens (tertiary/aromatic N) is 1. The number of carbonyl (C=O) groups is 1. The number of pyridine rings is 1. The van der Waals surface area contributed by atoms with Gasteiger partial charge in [-0.05, 0) is 29.3 Å². The summed E-state index contributed by atoms with van der Waals surface area (Å²) >= 11 is 1.27. The lowest BCUT2D eigenvalue weighted by atomic mass is 10.0. The molecule has 0 saturated heterocycles. The third-order valence-corrected chi connectivity index (χ3v) is 6.67. The van der Waals surface area contributed by atoms with Gasteiger partial charge in [0.15, 0.2) is 5.82 Å². The minimum atomic E-state index is -1.02. The Morgan fingerprint density at radius 2 is 1.68 bits per heavy atom. The Morgan fingerprint density at radius 3 is 2.29 bits per heavy atom. The van der Waals surface area contributed by atoms with Crippen LogP contribution >= 0.6 is 11.8 Å². The zero-order valence-corrected chi connectivity index (χ0v) is 18.2. The first-order valence-electron chi connectivity index (χ1n) is 9.42. The van der Waals surface area contributed by atoms with Crippen LogP contribution in [0.3, 0.4) is 0 Å². The highest BCUT2D eigenvalue weighted by atomic mass is 32.2. The summed E-state index contributed by atoms with van der Waals surface area (Å²) in [6, 6.07) is 18.2. The van der Waals surface area contributed by atoms with E-state index in [0.717, 1.165) is 21.7 Å². The molecule has 158 valence electrons. The number of rotatable bonds is 7. The number of H-pyrrole nitrogens is 1. The van der Waals surface area contributed by atoms with E-state index in [1.54, 1.807) is 6.26 Å². The first-order valence-corrected chi connectivity index (χ1v) is 12.1. The number of aromatic amines is 1. The molecule has 0 bridgehead atoms. The Labute approximate surface area is 185 Å². The van der Waals surface area contributed by atoms with E-state index in [-0.39, 0.29) is 11.4 Å². The molecule has 0 amide bonds. The van der Waals surface area contributed by atoms with Crippen molar-refractivity contribution in [2.75, 3.05) is 12.0 Å². The number of carboxylic acid groups (broad SMARTS) is 1. The van der Waals surface area contributed by atoms with E-state index in [0.29, 0.717) is 22.3 Å². The Bertz CT molecular complexity index is 1270. The summed E-state index contributed by atoms with van der Waals surface area (Å²) in [7, 11) is -1.02. The van der Waals surface area contributed by atoms with Crippen molar-refractivity contribution in [3.05, 3.63) is 72.2 Å². The van der Waals surface area contributed by atoms with Gasteiger partial charge in [0.05, 0.1) is 16.8 Å². The normalized spacial score (nSPS) is 12.2. The van der Waals surface area contributed by atoms with Crippen LogP contribution in [0.4, 0.5) is 4.39 Å². The molecule has 0 fully saturated rings. The van der Waals surface area contributed by atoms with Gasteiger partial charge in [-0.3, -0.25) is 9.00 Å². The van der Waals surface area contributed by atoms with Crippen molar-refractivity contribution < 1.29 is 18.5 Å². The van der Waals surface area contributed by atoms with Gasteiger partial charge in [-0.2, -0.15) is 0 Å². The van der Waals surface area contributed by atoms with Crippen LogP contribution in [0, 0.1) is 5.82 Å². The highest BCUT2D eigenvalue weighted by Crippen LogP contribution is 2.28. The molecule has 0 aliphatic rings. The van der Waals surface area contributed by atoms with E-state index in [4.69, 9.17) is 5.11 Å². The Balaban J connectivity index is 1.58. The lowest BCUT2D eigenvalue weighted by Gasteiger charge is -2.06. The number of aromatic nitrogens is 2. The minimum Gasteiger partial charge on any atom is -0.481 e. The van der Waals surface area contributed by atoms with Gasteiger partial charge in [0.1, 0.15) is 5.69 Å². The van der Waals surface area contributed by atoms with Gasteiger partial charge in [0, 0.05) is 45.0 Å². The molecule has 4 rings (SSSR count). The van der Waals surface area contributed by atoms with E-state index in [9.17, 15) is 13.4 Å². The molecule has 0 radical (unpaired) electrons. The molecule has 0 aliphatic heterocycles. The molecule has 4 aromatic rings. The van der Waals surface area contributed by atoms with Gasteiger partial charge in [-0.1, -0.05) is 36.4 Å². The maximum absolute atomic E-state index is 14.7. The lowest BCUT2D eigenvalue weighted by Crippen LogP contribution is -1.98. The number of aliphatic carboxylic acids is 1. The topological polar surface area (TPSA) is 83.1 Å². The number of hydrogen-bond donors (Lipinski definition) is 2. The molecule has 2 N–H and O–H groups in total. The molecule has 1 unspecified atom stereocenters. The van der Waals surface area contributed by atoms with Crippen LogP contribution in [-0.4, -0.2) is 37.3 Å². The van der Waals surface area contributed by atoms with Crippen molar-refractivity contribution in [1.29, 1.82) is 0 Å².